The summed E-state index contributed by atoms with van der Waals surface area (Å²) in [6.45, 7) is 6.28. The van der Waals surface area contributed by atoms with E-state index in [0.717, 1.165) is 41.3 Å². The highest BCUT2D eigenvalue weighted by Crippen LogP contribution is 2.18. The lowest BCUT2D eigenvalue weighted by molar-refractivity contribution is -0.129. The maximum atomic E-state index is 14.1. The highest BCUT2D eigenvalue weighted by atomic mass is 32.2. The van der Waals surface area contributed by atoms with E-state index in [2.05, 4.69) is 22.9 Å². The van der Waals surface area contributed by atoms with Gasteiger partial charge in [-0.1, -0.05) is 88.2 Å². The SMILES string of the molecule is CCCC(CCC)S(=O)(=O)C[C@H](NC(=O)CCc1ccccc1)C(=O)N[C@@H](Cc1cc(F)cc(F)c1)[C@H](O)CNCc1cccc(CC)c1. The molecule has 3 rings (SSSR count). The zero-order valence-electron chi connectivity index (χ0n) is 28.8. The lowest BCUT2D eigenvalue weighted by Gasteiger charge is -2.28. The Bertz CT molecular complexity index is 1560. The molecule has 0 heterocycles. The molecule has 0 aliphatic carbocycles. The van der Waals surface area contributed by atoms with Crippen LogP contribution in [0, 0.1) is 11.6 Å². The maximum Gasteiger partial charge on any atom is 0.243 e. The number of aliphatic hydroxyl groups is 1. The summed E-state index contributed by atoms with van der Waals surface area (Å²) >= 11 is 0. The molecule has 0 unspecified atom stereocenters. The molecule has 0 fully saturated rings. The fourth-order valence-corrected chi connectivity index (χ4v) is 8.04. The van der Waals surface area contributed by atoms with Gasteiger partial charge >= 0.3 is 0 Å². The minimum Gasteiger partial charge on any atom is -0.390 e. The van der Waals surface area contributed by atoms with E-state index in [4.69, 9.17) is 0 Å². The van der Waals surface area contributed by atoms with E-state index in [9.17, 15) is 31.9 Å². The second kappa shape index (κ2) is 20.1. The number of rotatable bonds is 21. The molecule has 0 aromatic heterocycles. The van der Waals surface area contributed by atoms with E-state index >= 15 is 0 Å². The highest BCUT2D eigenvalue weighted by Gasteiger charge is 2.34. The van der Waals surface area contributed by atoms with Gasteiger partial charge in [-0.05, 0) is 66.5 Å². The van der Waals surface area contributed by atoms with Crippen molar-refractivity contribution in [1.29, 1.82) is 0 Å². The van der Waals surface area contributed by atoms with Crippen LogP contribution in [0.15, 0.2) is 72.8 Å². The van der Waals surface area contributed by atoms with Crippen molar-refractivity contribution in [2.45, 2.75) is 102 Å². The van der Waals surface area contributed by atoms with Crippen LogP contribution in [0.5, 0.6) is 0 Å². The van der Waals surface area contributed by atoms with Crippen molar-refractivity contribution in [3.63, 3.8) is 0 Å². The number of hydrogen-bond acceptors (Lipinski definition) is 6. The van der Waals surface area contributed by atoms with E-state index in [1.807, 2.05) is 68.4 Å². The number of aryl methyl sites for hydroxylation is 2. The Morgan fingerprint density at radius 3 is 2.06 bits per heavy atom. The first-order valence-electron chi connectivity index (χ1n) is 17.2. The molecule has 0 radical (unpaired) electrons. The molecule has 4 N–H and O–H groups in total. The van der Waals surface area contributed by atoms with E-state index in [1.165, 1.54) is 0 Å². The summed E-state index contributed by atoms with van der Waals surface area (Å²) in [6, 6.07) is 17.7. The summed E-state index contributed by atoms with van der Waals surface area (Å²) in [7, 11) is -3.83. The third kappa shape index (κ3) is 13.6. The van der Waals surface area contributed by atoms with Gasteiger partial charge in [0.15, 0.2) is 9.84 Å². The van der Waals surface area contributed by atoms with Crippen molar-refractivity contribution in [3.05, 3.63) is 107 Å². The minimum atomic E-state index is -3.83. The molecule has 0 saturated heterocycles. The summed E-state index contributed by atoms with van der Waals surface area (Å²) in [6.07, 6.45) is 2.02. The molecular formula is C38H51F2N3O5S. The first-order chi connectivity index (χ1) is 23.4. The normalized spacial score (nSPS) is 13.5. The van der Waals surface area contributed by atoms with Crippen LogP contribution in [-0.2, 0) is 45.2 Å². The van der Waals surface area contributed by atoms with E-state index in [1.54, 1.807) is 0 Å². The summed E-state index contributed by atoms with van der Waals surface area (Å²) in [4.78, 5) is 27.0. The van der Waals surface area contributed by atoms with Crippen LogP contribution >= 0.6 is 0 Å². The van der Waals surface area contributed by atoms with Crippen LogP contribution in [0.1, 0.15) is 75.1 Å². The summed E-state index contributed by atoms with van der Waals surface area (Å²) in [5.74, 6) is -3.54. The Morgan fingerprint density at radius 2 is 1.43 bits per heavy atom. The molecule has 0 aliphatic rings. The average Bonchev–Trinajstić information content (AvgIpc) is 3.06. The number of aliphatic hydroxyl groups excluding tert-OH is 1. The molecule has 0 bridgehead atoms. The first kappa shape index (κ1) is 39.8. The minimum absolute atomic E-state index is 0.0145. The van der Waals surface area contributed by atoms with Gasteiger partial charge in [-0.25, -0.2) is 17.2 Å². The molecule has 3 aromatic carbocycles. The van der Waals surface area contributed by atoms with Gasteiger partial charge in [0, 0.05) is 25.6 Å². The third-order valence-electron chi connectivity index (χ3n) is 8.52. The lowest BCUT2D eigenvalue weighted by Crippen LogP contribution is -2.57. The smallest absolute Gasteiger partial charge is 0.243 e. The zero-order valence-corrected chi connectivity index (χ0v) is 29.6. The van der Waals surface area contributed by atoms with Gasteiger partial charge in [0.1, 0.15) is 17.7 Å². The van der Waals surface area contributed by atoms with E-state index in [-0.39, 0.29) is 24.9 Å². The van der Waals surface area contributed by atoms with Crippen molar-refractivity contribution in [3.8, 4) is 0 Å². The second-order valence-corrected chi connectivity index (χ2v) is 14.9. The second-order valence-electron chi connectivity index (χ2n) is 12.6. The van der Waals surface area contributed by atoms with Crippen molar-refractivity contribution in [2.75, 3.05) is 12.3 Å². The Kier molecular flexibility index (Phi) is 16.3. The predicted molar refractivity (Wildman–Crippen MR) is 190 cm³/mol. The summed E-state index contributed by atoms with van der Waals surface area (Å²) < 4.78 is 55.5. The van der Waals surface area contributed by atoms with Crippen molar-refractivity contribution in [1.82, 2.24) is 16.0 Å². The average molecular weight is 700 g/mol. The quantitative estimate of drug-likeness (QED) is 0.121. The van der Waals surface area contributed by atoms with Crippen LogP contribution in [0.2, 0.25) is 0 Å². The monoisotopic (exact) mass is 699 g/mol. The summed E-state index contributed by atoms with van der Waals surface area (Å²) in [5.41, 5.74) is 3.26. The number of sulfone groups is 1. The number of carbonyl (C=O) groups excluding carboxylic acids is 2. The van der Waals surface area contributed by atoms with Gasteiger partial charge < -0.3 is 21.1 Å². The molecule has 3 atom stereocenters. The van der Waals surface area contributed by atoms with Gasteiger partial charge in [0.25, 0.3) is 0 Å². The first-order valence-corrected chi connectivity index (χ1v) is 18.9. The molecule has 8 nitrogen and oxygen atoms in total. The van der Waals surface area contributed by atoms with Crippen LogP contribution in [0.4, 0.5) is 8.78 Å². The van der Waals surface area contributed by atoms with Gasteiger partial charge in [-0.2, -0.15) is 0 Å². The molecular weight excluding hydrogens is 648 g/mol. The third-order valence-corrected chi connectivity index (χ3v) is 10.8. The molecule has 268 valence electrons. The van der Waals surface area contributed by atoms with Gasteiger partial charge in [0.2, 0.25) is 11.8 Å². The predicted octanol–water partition coefficient (Wildman–Crippen LogP) is 5.21. The Labute approximate surface area is 290 Å². The Morgan fingerprint density at radius 1 is 0.796 bits per heavy atom. The van der Waals surface area contributed by atoms with Crippen molar-refractivity contribution < 1.29 is 31.9 Å². The van der Waals surface area contributed by atoms with Gasteiger partial charge in [-0.15, -0.1) is 0 Å². The Hall–Kier alpha value is -3.67. The number of halogens is 2. The zero-order chi connectivity index (χ0) is 35.8. The molecule has 3 aromatic rings. The Balaban J connectivity index is 1.84. The van der Waals surface area contributed by atoms with Crippen molar-refractivity contribution in [2.24, 2.45) is 0 Å². The molecule has 0 saturated carbocycles. The topological polar surface area (TPSA) is 125 Å². The maximum absolute atomic E-state index is 14.1. The van der Waals surface area contributed by atoms with Gasteiger partial charge in [0.05, 0.1) is 23.1 Å². The van der Waals surface area contributed by atoms with Crippen LogP contribution in [0.3, 0.4) is 0 Å². The van der Waals surface area contributed by atoms with Gasteiger partial charge in [-0.3, -0.25) is 9.59 Å². The fraction of sp³-hybridized carbons (Fsp3) is 0.474. The van der Waals surface area contributed by atoms with E-state index < -0.39 is 62.5 Å². The largest absolute Gasteiger partial charge is 0.390 e. The number of carbonyl (C=O) groups is 2. The number of nitrogens with one attached hydrogen (secondary N) is 3. The summed E-state index contributed by atoms with van der Waals surface area (Å²) in [5, 5.41) is 19.2. The lowest BCUT2D eigenvalue weighted by atomic mass is 10.00. The molecule has 0 aliphatic heterocycles. The van der Waals surface area contributed by atoms with Crippen LogP contribution in [-0.4, -0.2) is 61.1 Å². The highest BCUT2D eigenvalue weighted by molar-refractivity contribution is 7.92. The molecule has 11 heteroatoms. The number of benzene rings is 3. The van der Waals surface area contributed by atoms with Crippen LogP contribution in [0.25, 0.3) is 0 Å². The fourth-order valence-electron chi connectivity index (χ4n) is 5.88. The molecule has 49 heavy (non-hydrogen) atoms. The van der Waals surface area contributed by atoms with E-state index in [0.29, 0.717) is 38.6 Å². The van der Waals surface area contributed by atoms with Crippen molar-refractivity contribution >= 4 is 21.7 Å². The standard InChI is InChI=1S/C38H51F2N3O5S/c1-4-11-33(12-5-2)49(47,48)26-35(42-37(45)18-17-28-13-8-7-9-14-28)38(46)43-34(22-30-20-31(39)23-32(40)21-30)36(44)25-41-24-29-16-10-15-27(6-3)19-29/h7-10,13-16,19-21,23,33-36,41,44H,4-6,11-12,17-18,22,24-26H2,1-3H3,(H,42,45)(H,43,46)/t34-,35-,36+/m0/s1. The number of hydrogen-bond donors (Lipinski definition) is 4. The number of amides is 2. The molecule has 2 amide bonds. The molecule has 0 spiro atoms. The van der Waals surface area contributed by atoms with Crippen LogP contribution < -0.4 is 16.0 Å².